The minimum Gasteiger partial charge on any atom is -0.507 e. The summed E-state index contributed by atoms with van der Waals surface area (Å²) >= 11 is 0. The highest BCUT2D eigenvalue weighted by Gasteiger charge is 2.46. The maximum absolute atomic E-state index is 13.1. The smallest absolute Gasteiger partial charge is 0.295 e. The van der Waals surface area contributed by atoms with E-state index in [4.69, 9.17) is 18.9 Å². The Labute approximate surface area is 193 Å². The standard InChI is InChI=1S/C25H29NO7/c1-5-33-17-9-7-16(8-10-17)22-21(24(28)25(29)26(22)13-6-14-30-2)23(27)19-12-11-18(31-3)15-20(19)32-4/h7-12,15,22,27H,5-6,13-14H2,1-4H3/b23-21-. The van der Waals surface area contributed by atoms with Crippen molar-refractivity contribution in [3.63, 3.8) is 0 Å². The Hall–Kier alpha value is -3.52. The molecule has 2 aromatic carbocycles. The normalized spacial score (nSPS) is 17.3. The van der Waals surface area contributed by atoms with Gasteiger partial charge in [-0.25, -0.2) is 0 Å². The quantitative estimate of drug-likeness (QED) is 0.253. The van der Waals surface area contributed by atoms with E-state index in [0.29, 0.717) is 54.6 Å². The van der Waals surface area contributed by atoms with Crippen LogP contribution in [-0.4, -0.2) is 62.8 Å². The van der Waals surface area contributed by atoms with Crippen LogP contribution in [0.5, 0.6) is 17.2 Å². The SMILES string of the molecule is CCOc1ccc(C2/C(=C(/O)c3ccc(OC)cc3OC)C(=O)C(=O)N2CCCOC)cc1. The first kappa shape index (κ1) is 24.1. The molecule has 8 nitrogen and oxygen atoms in total. The number of ketones is 1. The number of carbonyl (C=O) groups excluding carboxylic acids is 2. The average molecular weight is 456 g/mol. The van der Waals surface area contributed by atoms with E-state index >= 15 is 0 Å². The molecular weight excluding hydrogens is 426 g/mol. The van der Waals surface area contributed by atoms with E-state index in [1.807, 2.05) is 6.92 Å². The van der Waals surface area contributed by atoms with E-state index in [9.17, 15) is 14.7 Å². The zero-order chi connectivity index (χ0) is 24.0. The van der Waals surface area contributed by atoms with Crippen LogP contribution in [0.25, 0.3) is 5.76 Å². The summed E-state index contributed by atoms with van der Waals surface area (Å²) in [6.45, 7) is 3.14. The Morgan fingerprint density at radius 2 is 1.70 bits per heavy atom. The van der Waals surface area contributed by atoms with E-state index < -0.39 is 17.7 Å². The third-order valence-corrected chi connectivity index (χ3v) is 5.46. The van der Waals surface area contributed by atoms with Gasteiger partial charge in [-0.1, -0.05) is 12.1 Å². The molecule has 1 heterocycles. The molecule has 1 aliphatic rings. The largest absolute Gasteiger partial charge is 0.507 e. The molecule has 0 bridgehead atoms. The third-order valence-electron chi connectivity index (χ3n) is 5.46. The Morgan fingerprint density at radius 3 is 2.30 bits per heavy atom. The van der Waals surface area contributed by atoms with Crippen LogP contribution in [0.15, 0.2) is 48.0 Å². The molecule has 1 atom stereocenters. The summed E-state index contributed by atoms with van der Waals surface area (Å²) in [7, 11) is 4.55. The molecule has 0 saturated carbocycles. The Balaban J connectivity index is 2.13. The van der Waals surface area contributed by atoms with Gasteiger partial charge in [0.25, 0.3) is 11.7 Å². The highest BCUT2D eigenvalue weighted by Crippen LogP contribution is 2.41. The second-order valence-electron chi connectivity index (χ2n) is 7.41. The van der Waals surface area contributed by atoms with Crippen molar-refractivity contribution in [2.24, 2.45) is 0 Å². The molecule has 1 N–H and O–H groups in total. The summed E-state index contributed by atoms with van der Waals surface area (Å²) < 4.78 is 21.2. The van der Waals surface area contributed by atoms with Gasteiger partial charge in [0.05, 0.1) is 38.0 Å². The second-order valence-corrected chi connectivity index (χ2v) is 7.41. The van der Waals surface area contributed by atoms with Crippen molar-refractivity contribution >= 4 is 17.4 Å². The zero-order valence-electron chi connectivity index (χ0n) is 19.3. The van der Waals surface area contributed by atoms with Crippen molar-refractivity contribution in [3.05, 3.63) is 59.2 Å². The first-order chi connectivity index (χ1) is 16.0. The Bertz CT molecular complexity index is 1030. The van der Waals surface area contributed by atoms with Gasteiger partial charge in [-0.05, 0) is 43.2 Å². The number of nitrogens with zero attached hydrogens (tertiary/aromatic N) is 1. The third kappa shape index (κ3) is 4.96. The number of hydrogen-bond acceptors (Lipinski definition) is 7. The number of methoxy groups -OCH3 is 3. The molecule has 1 fully saturated rings. The number of benzene rings is 2. The summed E-state index contributed by atoms with van der Waals surface area (Å²) in [5.74, 6) is -0.189. The van der Waals surface area contributed by atoms with Crippen molar-refractivity contribution in [2.45, 2.75) is 19.4 Å². The molecule has 1 aliphatic heterocycles. The van der Waals surface area contributed by atoms with Crippen molar-refractivity contribution in [1.82, 2.24) is 4.90 Å². The van der Waals surface area contributed by atoms with Gasteiger partial charge in [0, 0.05) is 26.3 Å². The van der Waals surface area contributed by atoms with E-state index in [-0.39, 0.29) is 11.3 Å². The molecule has 0 aromatic heterocycles. The van der Waals surface area contributed by atoms with Crippen molar-refractivity contribution in [3.8, 4) is 17.2 Å². The van der Waals surface area contributed by atoms with Crippen LogP contribution in [0.2, 0.25) is 0 Å². The predicted molar refractivity (Wildman–Crippen MR) is 123 cm³/mol. The summed E-state index contributed by atoms with van der Waals surface area (Å²) in [5.41, 5.74) is 0.985. The summed E-state index contributed by atoms with van der Waals surface area (Å²) in [6, 6.07) is 11.2. The van der Waals surface area contributed by atoms with Gasteiger partial charge in [-0.15, -0.1) is 0 Å². The van der Waals surface area contributed by atoms with E-state index in [0.717, 1.165) is 0 Å². The number of ether oxygens (including phenoxy) is 4. The number of rotatable bonds is 10. The predicted octanol–water partition coefficient (Wildman–Crippen LogP) is 3.56. The average Bonchev–Trinajstić information content (AvgIpc) is 3.09. The molecule has 8 heteroatoms. The molecule has 0 aliphatic carbocycles. The number of amides is 1. The zero-order valence-corrected chi connectivity index (χ0v) is 19.3. The second kappa shape index (κ2) is 10.9. The molecule has 1 saturated heterocycles. The first-order valence-electron chi connectivity index (χ1n) is 10.7. The lowest BCUT2D eigenvalue weighted by Gasteiger charge is -2.25. The minimum absolute atomic E-state index is 0.00467. The molecular formula is C25H29NO7. The van der Waals surface area contributed by atoms with Crippen LogP contribution in [0.1, 0.15) is 30.5 Å². The van der Waals surface area contributed by atoms with Crippen molar-refractivity contribution < 1.29 is 33.6 Å². The minimum atomic E-state index is -0.760. The molecule has 33 heavy (non-hydrogen) atoms. The number of Topliss-reactive ketones (excluding diaryl/α,β-unsaturated/α-hetero) is 1. The molecule has 1 amide bonds. The van der Waals surface area contributed by atoms with Gasteiger partial charge < -0.3 is 29.0 Å². The van der Waals surface area contributed by atoms with E-state index in [2.05, 4.69) is 0 Å². The molecule has 176 valence electrons. The molecule has 0 radical (unpaired) electrons. The van der Waals surface area contributed by atoms with Gasteiger partial charge in [-0.2, -0.15) is 0 Å². The lowest BCUT2D eigenvalue weighted by Crippen LogP contribution is -2.31. The fraction of sp³-hybridized carbons (Fsp3) is 0.360. The van der Waals surface area contributed by atoms with Gasteiger partial charge in [0.15, 0.2) is 0 Å². The van der Waals surface area contributed by atoms with Crippen LogP contribution in [0.3, 0.4) is 0 Å². The number of hydrogen-bond donors (Lipinski definition) is 1. The Kier molecular flexibility index (Phi) is 7.95. The topological polar surface area (TPSA) is 94.5 Å². The number of carbonyl (C=O) groups is 2. The fourth-order valence-corrected chi connectivity index (χ4v) is 3.89. The van der Waals surface area contributed by atoms with Gasteiger partial charge in [-0.3, -0.25) is 9.59 Å². The van der Waals surface area contributed by atoms with Gasteiger partial charge in [0.2, 0.25) is 0 Å². The molecule has 1 unspecified atom stereocenters. The summed E-state index contributed by atoms with van der Waals surface area (Å²) in [5, 5.41) is 11.3. The van der Waals surface area contributed by atoms with Crippen LogP contribution in [-0.2, 0) is 14.3 Å². The first-order valence-corrected chi connectivity index (χ1v) is 10.7. The van der Waals surface area contributed by atoms with E-state index in [1.165, 1.54) is 19.1 Å². The van der Waals surface area contributed by atoms with Gasteiger partial charge in [0.1, 0.15) is 23.0 Å². The van der Waals surface area contributed by atoms with Crippen molar-refractivity contribution in [1.29, 1.82) is 0 Å². The monoisotopic (exact) mass is 455 g/mol. The fourth-order valence-electron chi connectivity index (χ4n) is 3.89. The highest BCUT2D eigenvalue weighted by molar-refractivity contribution is 6.46. The summed E-state index contributed by atoms with van der Waals surface area (Å²) in [6.07, 6.45) is 0.545. The number of likely N-dealkylation sites (tertiary alicyclic amines) is 1. The van der Waals surface area contributed by atoms with Crippen LogP contribution in [0.4, 0.5) is 0 Å². The van der Waals surface area contributed by atoms with E-state index in [1.54, 1.807) is 49.6 Å². The lowest BCUT2D eigenvalue weighted by molar-refractivity contribution is -0.140. The van der Waals surface area contributed by atoms with Gasteiger partial charge >= 0.3 is 0 Å². The number of aliphatic hydroxyl groups excluding tert-OH is 1. The van der Waals surface area contributed by atoms with Crippen LogP contribution in [0, 0.1) is 0 Å². The summed E-state index contributed by atoms with van der Waals surface area (Å²) in [4.78, 5) is 27.5. The van der Waals surface area contributed by atoms with Crippen molar-refractivity contribution in [2.75, 3.05) is 41.1 Å². The highest BCUT2D eigenvalue weighted by atomic mass is 16.5. The van der Waals surface area contributed by atoms with Crippen LogP contribution >= 0.6 is 0 Å². The molecule has 3 rings (SSSR count). The Morgan fingerprint density at radius 1 is 1.00 bits per heavy atom. The maximum atomic E-state index is 13.1. The molecule has 0 spiro atoms. The molecule has 2 aromatic rings. The maximum Gasteiger partial charge on any atom is 0.295 e. The van der Waals surface area contributed by atoms with Crippen LogP contribution < -0.4 is 14.2 Å². The lowest BCUT2D eigenvalue weighted by atomic mass is 9.95. The number of aliphatic hydroxyl groups is 1.